The summed E-state index contributed by atoms with van der Waals surface area (Å²) in [6.45, 7) is -0.240. The van der Waals surface area contributed by atoms with E-state index < -0.39 is 34.8 Å². The van der Waals surface area contributed by atoms with E-state index >= 15 is 8.78 Å². The molecule has 0 amide bonds. The third kappa shape index (κ3) is 5.33. The number of ether oxygens (including phenoxy) is 2. The Labute approximate surface area is 243 Å². The summed E-state index contributed by atoms with van der Waals surface area (Å²) in [6, 6.07) is 15.8. The zero-order chi connectivity index (χ0) is 28.6. The number of anilines is 3. The highest BCUT2D eigenvalue weighted by atomic mass is 79.9. The van der Waals surface area contributed by atoms with Gasteiger partial charge in [-0.2, -0.15) is 0 Å². The Morgan fingerprint density at radius 1 is 0.875 bits per heavy atom. The number of nitrogens with one attached hydrogen (secondary N) is 1. The molecule has 1 aromatic heterocycles. The molecule has 0 radical (unpaired) electrons. The van der Waals surface area contributed by atoms with Gasteiger partial charge in [0.25, 0.3) is 0 Å². The molecular weight excluding hydrogens is 660 g/mol. The van der Waals surface area contributed by atoms with Crippen LogP contribution in [0.3, 0.4) is 0 Å². The van der Waals surface area contributed by atoms with E-state index in [1.54, 1.807) is 48.5 Å². The number of nitrogen functional groups attached to an aromatic ring is 1. The monoisotopic (exact) mass is 678 g/mol. The molecule has 5 aromatic rings. The molecule has 0 aliphatic heterocycles. The van der Waals surface area contributed by atoms with Crippen LogP contribution in [0.4, 0.5) is 34.6 Å². The van der Waals surface area contributed by atoms with E-state index in [0.717, 1.165) is 28.2 Å². The fourth-order valence-electron chi connectivity index (χ4n) is 4.22. The molecule has 0 bridgehead atoms. The molecule has 0 saturated carbocycles. The molecule has 1 heterocycles. The van der Waals surface area contributed by atoms with Gasteiger partial charge in [0.05, 0.1) is 24.9 Å². The minimum absolute atomic E-state index is 0.00709. The number of hydrogen-bond donors (Lipinski definition) is 2. The maximum atomic E-state index is 15.4. The number of rotatable bonds is 8. The fourth-order valence-corrected chi connectivity index (χ4v) is 4.75. The number of nitrogens with zero attached hydrogens (tertiary/aromatic N) is 2. The van der Waals surface area contributed by atoms with Crippen LogP contribution < -0.4 is 20.5 Å². The van der Waals surface area contributed by atoms with Crippen LogP contribution in [-0.2, 0) is 6.42 Å². The molecule has 0 saturated heterocycles. The molecule has 0 unspecified atom stereocenters. The molecule has 0 fully saturated rings. The second-order valence-corrected chi connectivity index (χ2v) is 10.4. The van der Waals surface area contributed by atoms with Gasteiger partial charge in [-0.1, -0.05) is 31.9 Å². The SMILES string of the molecule is COc1c(F)cc2nc(CCOc3c(F)cc(N)c(Nc4ccc(Br)cc4)c3F)n(-c3ccc(Br)cc3)c2c1F. The fraction of sp³-hybridized carbons (Fsp3) is 0.107. The number of imidazole rings is 1. The highest BCUT2D eigenvalue weighted by molar-refractivity contribution is 9.10. The van der Waals surface area contributed by atoms with Crippen molar-refractivity contribution in [3.8, 4) is 17.2 Å². The predicted octanol–water partition coefficient (Wildman–Crippen LogP) is 8.06. The smallest absolute Gasteiger partial charge is 0.194 e. The van der Waals surface area contributed by atoms with Crippen molar-refractivity contribution in [2.24, 2.45) is 0 Å². The third-order valence-electron chi connectivity index (χ3n) is 6.04. The van der Waals surface area contributed by atoms with Crippen LogP contribution >= 0.6 is 31.9 Å². The topological polar surface area (TPSA) is 74.3 Å². The van der Waals surface area contributed by atoms with Crippen LogP contribution in [-0.4, -0.2) is 23.3 Å². The Morgan fingerprint density at radius 2 is 1.50 bits per heavy atom. The number of methoxy groups -OCH3 is 1. The van der Waals surface area contributed by atoms with Crippen molar-refractivity contribution in [2.45, 2.75) is 6.42 Å². The number of benzene rings is 4. The van der Waals surface area contributed by atoms with Crippen LogP contribution in [0.1, 0.15) is 5.82 Å². The summed E-state index contributed by atoms with van der Waals surface area (Å²) in [5, 5.41) is 2.84. The number of nitrogens with two attached hydrogens (primary N) is 1. The van der Waals surface area contributed by atoms with Gasteiger partial charge in [-0.3, -0.25) is 4.57 Å². The molecular formula is C28H20Br2F4N4O2. The van der Waals surface area contributed by atoms with Gasteiger partial charge in [0.2, 0.25) is 0 Å². The highest BCUT2D eigenvalue weighted by Crippen LogP contribution is 2.36. The third-order valence-corrected chi connectivity index (χ3v) is 7.10. The molecule has 12 heteroatoms. The Balaban J connectivity index is 1.48. The molecule has 3 N–H and O–H groups in total. The second-order valence-electron chi connectivity index (χ2n) is 8.61. The van der Waals surface area contributed by atoms with Crippen molar-refractivity contribution < 1.29 is 27.0 Å². The van der Waals surface area contributed by atoms with Gasteiger partial charge in [-0.15, -0.1) is 0 Å². The van der Waals surface area contributed by atoms with Crippen LogP contribution in [0.15, 0.2) is 69.6 Å². The summed E-state index contributed by atoms with van der Waals surface area (Å²) in [7, 11) is 1.16. The molecule has 0 spiro atoms. The normalized spacial score (nSPS) is 11.2. The van der Waals surface area contributed by atoms with E-state index in [2.05, 4.69) is 42.2 Å². The number of fused-ring (bicyclic) bond motifs is 1. The predicted molar refractivity (Wildman–Crippen MR) is 153 cm³/mol. The summed E-state index contributed by atoms with van der Waals surface area (Å²) in [5.41, 5.74) is 6.67. The summed E-state index contributed by atoms with van der Waals surface area (Å²) in [6.07, 6.45) is -0.00709. The largest absolute Gasteiger partial charge is 0.491 e. The maximum absolute atomic E-state index is 15.4. The zero-order valence-electron chi connectivity index (χ0n) is 20.7. The van der Waals surface area contributed by atoms with Crippen molar-refractivity contribution in [1.29, 1.82) is 0 Å². The molecule has 0 atom stereocenters. The van der Waals surface area contributed by atoms with Gasteiger partial charge in [-0.05, 0) is 48.5 Å². The summed E-state index contributed by atoms with van der Waals surface area (Å²) in [5.74, 6) is -4.76. The van der Waals surface area contributed by atoms with Gasteiger partial charge in [0, 0.05) is 38.9 Å². The summed E-state index contributed by atoms with van der Waals surface area (Å²) < 4.78 is 73.4. The van der Waals surface area contributed by atoms with Crippen molar-refractivity contribution in [2.75, 3.05) is 24.8 Å². The number of halogens is 6. The van der Waals surface area contributed by atoms with E-state index in [1.165, 1.54) is 4.57 Å². The average Bonchev–Trinajstić information content (AvgIpc) is 3.28. The van der Waals surface area contributed by atoms with Gasteiger partial charge in [0.15, 0.2) is 34.8 Å². The minimum atomic E-state index is -1.01. The van der Waals surface area contributed by atoms with Gasteiger partial charge < -0.3 is 20.5 Å². The number of aromatic nitrogens is 2. The Hall–Kier alpha value is -3.77. The summed E-state index contributed by atoms with van der Waals surface area (Å²) >= 11 is 6.69. The van der Waals surface area contributed by atoms with Crippen LogP contribution in [0, 0.1) is 23.3 Å². The lowest BCUT2D eigenvalue weighted by Crippen LogP contribution is -2.11. The Morgan fingerprint density at radius 3 is 2.15 bits per heavy atom. The first-order valence-corrected chi connectivity index (χ1v) is 13.4. The summed E-state index contributed by atoms with van der Waals surface area (Å²) in [4.78, 5) is 4.39. The van der Waals surface area contributed by atoms with Crippen LogP contribution in [0.5, 0.6) is 11.5 Å². The average molecular weight is 680 g/mol. The second kappa shape index (κ2) is 11.4. The Kier molecular flexibility index (Phi) is 7.90. The van der Waals surface area contributed by atoms with E-state index in [1.807, 2.05) is 0 Å². The number of hydrogen-bond acceptors (Lipinski definition) is 5. The quantitative estimate of drug-likeness (QED) is 0.128. The molecule has 206 valence electrons. The van der Waals surface area contributed by atoms with Gasteiger partial charge in [0.1, 0.15) is 17.0 Å². The lowest BCUT2D eigenvalue weighted by atomic mass is 10.2. The van der Waals surface area contributed by atoms with Crippen molar-refractivity contribution >= 4 is 60.0 Å². The van der Waals surface area contributed by atoms with E-state index in [-0.39, 0.29) is 41.3 Å². The molecule has 40 heavy (non-hydrogen) atoms. The van der Waals surface area contributed by atoms with Crippen LogP contribution in [0.2, 0.25) is 0 Å². The van der Waals surface area contributed by atoms with Gasteiger partial charge in [-0.25, -0.2) is 22.5 Å². The standard InChI is InChI=1S/C28H20Br2F4N4O2/c1-39-27-19(32)13-21-26(24(27)34)38(17-8-4-15(30)5-9-17)22(37-21)10-11-40-28-18(31)12-20(35)25(23(28)33)36-16-6-2-14(29)3-7-16/h2-9,12-13,36H,10-11,35H2,1H3. The lowest BCUT2D eigenvalue weighted by Gasteiger charge is -2.16. The molecule has 4 aromatic carbocycles. The first-order valence-electron chi connectivity index (χ1n) is 11.8. The van der Waals surface area contributed by atoms with E-state index in [4.69, 9.17) is 15.2 Å². The van der Waals surface area contributed by atoms with Crippen molar-refractivity contribution in [3.63, 3.8) is 0 Å². The minimum Gasteiger partial charge on any atom is -0.491 e. The maximum Gasteiger partial charge on any atom is 0.194 e. The van der Waals surface area contributed by atoms with Crippen molar-refractivity contribution in [3.05, 3.63) is 98.7 Å². The van der Waals surface area contributed by atoms with Gasteiger partial charge >= 0.3 is 0 Å². The molecule has 0 aliphatic rings. The first kappa shape index (κ1) is 27.8. The molecule has 5 rings (SSSR count). The van der Waals surface area contributed by atoms with E-state index in [9.17, 15) is 8.78 Å². The molecule has 0 aliphatic carbocycles. The lowest BCUT2D eigenvalue weighted by molar-refractivity contribution is 0.286. The highest BCUT2D eigenvalue weighted by Gasteiger charge is 2.24. The van der Waals surface area contributed by atoms with E-state index in [0.29, 0.717) is 11.4 Å². The molecule has 6 nitrogen and oxygen atoms in total. The van der Waals surface area contributed by atoms with Crippen molar-refractivity contribution in [1.82, 2.24) is 9.55 Å². The van der Waals surface area contributed by atoms with Crippen LogP contribution in [0.25, 0.3) is 16.7 Å². The zero-order valence-corrected chi connectivity index (χ0v) is 23.9. The first-order chi connectivity index (χ1) is 19.2. The Bertz CT molecular complexity index is 1710.